The first-order chi connectivity index (χ1) is 8.58. The molecule has 0 radical (unpaired) electrons. The SMILES string of the molecule is CC1CCC(N(C)C(=O)c2ccc(S)cc2)CC1. The van der Waals surface area contributed by atoms with Crippen molar-refractivity contribution in [2.75, 3.05) is 7.05 Å². The van der Waals surface area contributed by atoms with Crippen LogP contribution in [0, 0.1) is 5.92 Å². The molecule has 2 nitrogen and oxygen atoms in total. The number of carbonyl (C=O) groups is 1. The molecule has 0 saturated heterocycles. The summed E-state index contributed by atoms with van der Waals surface area (Å²) < 4.78 is 0. The highest BCUT2D eigenvalue weighted by Gasteiger charge is 2.25. The number of carbonyl (C=O) groups excluding carboxylic acids is 1. The van der Waals surface area contributed by atoms with Crippen LogP contribution >= 0.6 is 12.6 Å². The molecule has 0 bridgehead atoms. The van der Waals surface area contributed by atoms with Crippen molar-refractivity contribution in [3.8, 4) is 0 Å². The maximum atomic E-state index is 12.3. The van der Waals surface area contributed by atoms with Crippen molar-refractivity contribution >= 4 is 18.5 Å². The van der Waals surface area contributed by atoms with Gasteiger partial charge in [-0.15, -0.1) is 12.6 Å². The molecule has 0 heterocycles. The van der Waals surface area contributed by atoms with E-state index >= 15 is 0 Å². The second kappa shape index (κ2) is 5.79. The fourth-order valence-electron chi connectivity index (χ4n) is 2.60. The number of amides is 1. The van der Waals surface area contributed by atoms with Crippen molar-refractivity contribution in [3.05, 3.63) is 29.8 Å². The van der Waals surface area contributed by atoms with Crippen molar-refractivity contribution in [2.24, 2.45) is 5.92 Å². The zero-order valence-corrected chi connectivity index (χ0v) is 12.0. The van der Waals surface area contributed by atoms with Gasteiger partial charge in [0.05, 0.1) is 0 Å². The van der Waals surface area contributed by atoms with Gasteiger partial charge in [0.2, 0.25) is 0 Å². The molecule has 3 heteroatoms. The van der Waals surface area contributed by atoms with Crippen LogP contribution < -0.4 is 0 Å². The Hall–Kier alpha value is -0.960. The summed E-state index contributed by atoms with van der Waals surface area (Å²) in [6.07, 6.45) is 4.73. The molecule has 1 aromatic carbocycles. The molecule has 0 aromatic heterocycles. The first-order valence-electron chi connectivity index (χ1n) is 6.64. The maximum Gasteiger partial charge on any atom is 0.253 e. The van der Waals surface area contributed by atoms with Crippen LogP contribution in [0.4, 0.5) is 0 Å². The van der Waals surface area contributed by atoms with Crippen LogP contribution in [0.15, 0.2) is 29.2 Å². The van der Waals surface area contributed by atoms with E-state index in [2.05, 4.69) is 19.6 Å². The van der Waals surface area contributed by atoms with E-state index in [0.29, 0.717) is 6.04 Å². The molecule has 18 heavy (non-hydrogen) atoms. The van der Waals surface area contributed by atoms with Gasteiger partial charge >= 0.3 is 0 Å². The Bertz CT molecular complexity index is 407. The molecule has 0 spiro atoms. The van der Waals surface area contributed by atoms with E-state index in [1.807, 2.05) is 36.2 Å². The van der Waals surface area contributed by atoms with Gasteiger partial charge in [0.25, 0.3) is 5.91 Å². The summed E-state index contributed by atoms with van der Waals surface area (Å²) in [5.41, 5.74) is 0.758. The topological polar surface area (TPSA) is 20.3 Å². The number of thiol groups is 1. The van der Waals surface area contributed by atoms with E-state index in [1.54, 1.807) is 0 Å². The molecule has 0 atom stereocenters. The van der Waals surface area contributed by atoms with Crippen LogP contribution in [0.25, 0.3) is 0 Å². The quantitative estimate of drug-likeness (QED) is 0.808. The standard InChI is InChI=1S/C15H21NOS/c1-11-3-7-13(8-4-11)16(2)15(17)12-5-9-14(18)10-6-12/h5-6,9-11,13,18H,3-4,7-8H2,1-2H3. The van der Waals surface area contributed by atoms with Crippen LogP contribution in [-0.2, 0) is 0 Å². The molecule has 1 aromatic rings. The lowest BCUT2D eigenvalue weighted by atomic mass is 9.86. The number of nitrogens with zero attached hydrogens (tertiary/aromatic N) is 1. The van der Waals surface area contributed by atoms with E-state index in [0.717, 1.165) is 29.2 Å². The van der Waals surface area contributed by atoms with Gasteiger partial charge in [-0.05, 0) is 55.9 Å². The summed E-state index contributed by atoms with van der Waals surface area (Å²) in [6.45, 7) is 2.30. The average Bonchev–Trinajstić information content (AvgIpc) is 2.39. The largest absolute Gasteiger partial charge is 0.339 e. The summed E-state index contributed by atoms with van der Waals surface area (Å²) >= 11 is 4.24. The molecule has 1 aliphatic carbocycles. The summed E-state index contributed by atoms with van der Waals surface area (Å²) in [4.78, 5) is 15.1. The van der Waals surface area contributed by atoms with E-state index in [1.165, 1.54) is 12.8 Å². The lowest BCUT2D eigenvalue weighted by Gasteiger charge is -2.33. The second-order valence-corrected chi connectivity index (χ2v) is 5.89. The molecule has 98 valence electrons. The normalized spacial score (nSPS) is 23.7. The predicted octanol–water partition coefficient (Wildman–Crippen LogP) is 3.63. The Labute approximate surface area is 115 Å². The minimum absolute atomic E-state index is 0.128. The fourth-order valence-corrected chi connectivity index (χ4v) is 2.75. The summed E-state index contributed by atoms with van der Waals surface area (Å²) in [5.74, 6) is 0.941. The zero-order chi connectivity index (χ0) is 13.1. The van der Waals surface area contributed by atoms with Crippen LogP contribution in [0.3, 0.4) is 0 Å². The van der Waals surface area contributed by atoms with Gasteiger partial charge in [0, 0.05) is 23.5 Å². The van der Waals surface area contributed by atoms with Crippen LogP contribution in [-0.4, -0.2) is 23.9 Å². The van der Waals surface area contributed by atoms with Gasteiger partial charge in [-0.25, -0.2) is 0 Å². The highest BCUT2D eigenvalue weighted by Crippen LogP contribution is 2.27. The first-order valence-corrected chi connectivity index (χ1v) is 7.09. The number of rotatable bonds is 2. The Morgan fingerprint density at radius 2 is 1.72 bits per heavy atom. The van der Waals surface area contributed by atoms with Crippen molar-refractivity contribution < 1.29 is 4.79 Å². The molecule has 1 aliphatic rings. The zero-order valence-electron chi connectivity index (χ0n) is 11.1. The third-order valence-corrected chi connectivity index (χ3v) is 4.27. The molecule has 2 rings (SSSR count). The van der Waals surface area contributed by atoms with E-state index in [4.69, 9.17) is 0 Å². The smallest absolute Gasteiger partial charge is 0.253 e. The van der Waals surface area contributed by atoms with Gasteiger partial charge < -0.3 is 4.90 Å². The Kier molecular flexibility index (Phi) is 4.33. The first kappa shape index (κ1) is 13.5. The Morgan fingerprint density at radius 1 is 1.17 bits per heavy atom. The van der Waals surface area contributed by atoms with Gasteiger partial charge in [-0.3, -0.25) is 4.79 Å². The number of benzene rings is 1. The molecule has 1 saturated carbocycles. The highest BCUT2D eigenvalue weighted by atomic mass is 32.1. The monoisotopic (exact) mass is 263 g/mol. The average molecular weight is 263 g/mol. The predicted molar refractivity (Wildman–Crippen MR) is 77.2 cm³/mol. The maximum absolute atomic E-state index is 12.3. The lowest BCUT2D eigenvalue weighted by Crippen LogP contribution is -2.39. The third-order valence-electron chi connectivity index (χ3n) is 3.97. The van der Waals surface area contributed by atoms with Gasteiger partial charge in [-0.1, -0.05) is 6.92 Å². The van der Waals surface area contributed by atoms with Crippen molar-refractivity contribution in [1.29, 1.82) is 0 Å². The van der Waals surface area contributed by atoms with E-state index in [9.17, 15) is 4.79 Å². The van der Waals surface area contributed by atoms with Crippen LogP contribution in [0.1, 0.15) is 43.0 Å². The number of hydrogen-bond donors (Lipinski definition) is 1. The lowest BCUT2D eigenvalue weighted by molar-refractivity contribution is 0.0679. The molecular formula is C15H21NOS. The summed E-state index contributed by atoms with van der Waals surface area (Å²) in [6, 6.07) is 7.85. The molecular weight excluding hydrogens is 242 g/mol. The molecule has 0 aliphatic heterocycles. The van der Waals surface area contributed by atoms with Crippen LogP contribution in [0.2, 0.25) is 0 Å². The molecule has 0 N–H and O–H groups in total. The Morgan fingerprint density at radius 3 is 2.28 bits per heavy atom. The molecule has 1 fully saturated rings. The summed E-state index contributed by atoms with van der Waals surface area (Å²) in [7, 11) is 1.93. The van der Waals surface area contributed by atoms with Gasteiger partial charge in [0.1, 0.15) is 0 Å². The van der Waals surface area contributed by atoms with Crippen molar-refractivity contribution in [1.82, 2.24) is 4.90 Å². The summed E-state index contributed by atoms with van der Waals surface area (Å²) in [5, 5.41) is 0. The number of hydrogen-bond acceptors (Lipinski definition) is 2. The van der Waals surface area contributed by atoms with E-state index < -0.39 is 0 Å². The minimum atomic E-state index is 0.128. The van der Waals surface area contributed by atoms with Crippen molar-refractivity contribution in [3.63, 3.8) is 0 Å². The molecule has 1 amide bonds. The van der Waals surface area contributed by atoms with Gasteiger partial charge in [0.15, 0.2) is 0 Å². The second-order valence-electron chi connectivity index (χ2n) is 5.38. The Balaban J connectivity index is 2.02. The fraction of sp³-hybridized carbons (Fsp3) is 0.533. The van der Waals surface area contributed by atoms with E-state index in [-0.39, 0.29) is 5.91 Å². The van der Waals surface area contributed by atoms with Crippen molar-refractivity contribution in [2.45, 2.75) is 43.5 Å². The third kappa shape index (κ3) is 3.08. The molecule has 0 unspecified atom stereocenters. The van der Waals surface area contributed by atoms with Gasteiger partial charge in [-0.2, -0.15) is 0 Å². The minimum Gasteiger partial charge on any atom is -0.339 e. The van der Waals surface area contributed by atoms with Crippen LogP contribution in [0.5, 0.6) is 0 Å². The highest BCUT2D eigenvalue weighted by molar-refractivity contribution is 7.80.